The van der Waals surface area contributed by atoms with E-state index in [2.05, 4.69) is 11.3 Å². The zero-order valence-corrected chi connectivity index (χ0v) is 12.0. The third-order valence-electron chi connectivity index (χ3n) is 3.30. The third kappa shape index (κ3) is 3.66. The first-order valence-electron chi connectivity index (χ1n) is 6.70. The summed E-state index contributed by atoms with van der Waals surface area (Å²) in [6, 6.07) is 3.02. The molecule has 0 aromatic heterocycles. The average Bonchev–Trinajstić information content (AvgIpc) is 2.49. The molecule has 0 unspecified atom stereocenters. The smallest absolute Gasteiger partial charge is 0.326 e. The lowest BCUT2D eigenvalue weighted by Gasteiger charge is -2.33. The van der Waals surface area contributed by atoms with E-state index in [1.807, 2.05) is 0 Å². The van der Waals surface area contributed by atoms with Crippen LogP contribution in [-0.4, -0.2) is 25.4 Å². The van der Waals surface area contributed by atoms with Crippen LogP contribution in [0.1, 0.15) is 18.1 Å². The van der Waals surface area contributed by atoms with Crippen LogP contribution in [0, 0.1) is 5.82 Å². The molecule has 3 nitrogen and oxygen atoms in total. The molecule has 0 aliphatic carbocycles. The van der Waals surface area contributed by atoms with Crippen LogP contribution in [0.25, 0.3) is 0 Å². The normalized spacial score (nSPS) is 26.0. The van der Waals surface area contributed by atoms with Gasteiger partial charge in [0.05, 0.1) is 18.8 Å². The predicted octanol–water partition coefficient (Wildman–Crippen LogP) is 3.68. The van der Waals surface area contributed by atoms with E-state index in [0.717, 1.165) is 12.1 Å². The molecule has 7 heteroatoms. The molecule has 0 atom stereocenters. The highest BCUT2D eigenvalue weighted by atomic mass is 19.3. The minimum absolute atomic E-state index is 0.318. The lowest BCUT2D eigenvalue weighted by Crippen LogP contribution is -2.45. The van der Waals surface area contributed by atoms with Gasteiger partial charge in [-0.15, -0.1) is 0 Å². The maximum absolute atomic E-state index is 14.0. The van der Waals surface area contributed by atoms with Crippen LogP contribution in [0.15, 0.2) is 30.9 Å². The lowest BCUT2D eigenvalue weighted by atomic mass is 10.1. The number of alkyl halides is 3. The Hall–Kier alpha value is -1.44. The first kappa shape index (κ1) is 16.9. The molecule has 0 saturated carbocycles. The van der Waals surface area contributed by atoms with Crippen molar-refractivity contribution in [1.82, 2.24) is 0 Å². The summed E-state index contributed by atoms with van der Waals surface area (Å²) >= 11 is 0. The van der Waals surface area contributed by atoms with Gasteiger partial charge in [0.2, 0.25) is 0 Å². The summed E-state index contributed by atoms with van der Waals surface area (Å²) in [5.74, 6) is -0.747. The summed E-state index contributed by atoms with van der Waals surface area (Å²) in [5.41, 5.74) is -2.29. The summed E-state index contributed by atoms with van der Waals surface area (Å²) in [6.45, 7) is 2.20. The SMILES string of the molecule is C=CC1(F)COC(OC(F)(F)c2ccc(CC)c(F)c2)OC1. The van der Waals surface area contributed by atoms with Crippen molar-refractivity contribution in [2.24, 2.45) is 0 Å². The van der Waals surface area contributed by atoms with Crippen LogP contribution in [-0.2, 0) is 26.7 Å². The van der Waals surface area contributed by atoms with E-state index in [1.54, 1.807) is 6.92 Å². The van der Waals surface area contributed by atoms with Crippen molar-refractivity contribution in [3.63, 3.8) is 0 Å². The highest BCUT2D eigenvalue weighted by Gasteiger charge is 2.42. The van der Waals surface area contributed by atoms with Gasteiger partial charge in [0.15, 0.2) is 5.67 Å². The molecule has 2 rings (SSSR count). The van der Waals surface area contributed by atoms with E-state index >= 15 is 0 Å². The zero-order valence-electron chi connectivity index (χ0n) is 12.0. The van der Waals surface area contributed by atoms with Crippen molar-refractivity contribution in [2.75, 3.05) is 13.2 Å². The Morgan fingerprint density at radius 1 is 1.41 bits per heavy atom. The van der Waals surface area contributed by atoms with Crippen molar-refractivity contribution in [1.29, 1.82) is 0 Å². The van der Waals surface area contributed by atoms with Gasteiger partial charge in [0.1, 0.15) is 5.82 Å². The minimum atomic E-state index is -3.83. The number of hydrogen-bond donors (Lipinski definition) is 0. The summed E-state index contributed by atoms with van der Waals surface area (Å²) in [6.07, 6.45) is -2.48. The van der Waals surface area contributed by atoms with Gasteiger partial charge >= 0.3 is 6.11 Å². The molecule has 0 bridgehead atoms. The fourth-order valence-corrected chi connectivity index (χ4v) is 1.89. The maximum atomic E-state index is 14.0. The molecule has 1 saturated heterocycles. The number of ether oxygens (including phenoxy) is 3. The molecule has 22 heavy (non-hydrogen) atoms. The van der Waals surface area contributed by atoms with Gasteiger partial charge in [-0.2, -0.15) is 8.78 Å². The first-order chi connectivity index (χ1) is 10.3. The van der Waals surface area contributed by atoms with Crippen molar-refractivity contribution in [3.05, 3.63) is 47.8 Å². The van der Waals surface area contributed by atoms with Gasteiger partial charge in [-0.3, -0.25) is 4.74 Å². The molecule has 1 aromatic carbocycles. The van der Waals surface area contributed by atoms with Gasteiger partial charge in [-0.05, 0) is 24.1 Å². The minimum Gasteiger partial charge on any atom is -0.326 e. The highest BCUT2D eigenvalue weighted by molar-refractivity contribution is 5.26. The number of hydrogen-bond acceptors (Lipinski definition) is 3. The molecule has 122 valence electrons. The van der Waals surface area contributed by atoms with Gasteiger partial charge in [0.25, 0.3) is 6.48 Å². The Morgan fingerprint density at radius 2 is 2.05 bits per heavy atom. The molecule has 0 amide bonds. The van der Waals surface area contributed by atoms with Crippen LogP contribution >= 0.6 is 0 Å². The van der Waals surface area contributed by atoms with Gasteiger partial charge < -0.3 is 9.47 Å². The Bertz CT molecular complexity index is 540. The average molecular weight is 320 g/mol. The molecular formula is C15H16F4O3. The van der Waals surface area contributed by atoms with E-state index in [9.17, 15) is 17.6 Å². The predicted molar refractivity (Wildman–Crippen MR) is 70.5 cm³/mol. The Kier molecular flexibility index (Phi) is 4.89. The number of halogens is 4. The van der Waals surface area contributed by atoms with Crippen LogP contribution < -0.4 is 0 Å². The Balaban J connectivity index is 2.05. The quantitative estimate of drug-likeness (QED) is 0.612. The number of benzene rings is 1. The number of rotatable bonds is 5. The number of aryl methyl sites for hydroxylation is 1. The summed E-state index contributed by atoms with van der Waals surface area (Å²) in [5, 5.41) is 0. The molecule has 0 radical (unpaired) electrons. The molecule has 1 fully saturated rings. The zero-order chi connectivity index (χ0) is 16.4. The summed E-state index contributed by atoms with van der Waals surface area (Å²) in [4.78, 5) is 0. The Labute approximate surface area is 125 Å². The monoisotopic (exact) mass is 320 g/mol. The second kappa shape index (κ2) is 6.36. The van der Waals surface area contributed by atoms with Gasteiger partial charge in [-0.1, -0.05) is 25.6 Å². The lowest BCUT2D eigenvalue weighted by molar-refractivity contribution is -0.416. The highest BCUT2D eigenvalue weighted by Crippen LogP contribution is 2.34. The fraction of sp³-hybridized carbons (Fsp3) is 0.467. The van der Waals surface area contributed by atoms with E-state index in [4.69, 9.17) is 9.47 Å². The largest absolute Gasteiger partial charge is 0.387 e. The van der Waals surface area contributed by atoms with Crippen LogP contribution in [0.4, 0.5) is 17.6 Å². The van der Waals surface area contributed by atoms with E-state index in [0.29, 0.717) is 18.1 Å². The molecular weight excluding hydrogens is 304 g/mol. The second-order valence-electron chi connectivity index (χ2n) is 4.94. The van der Waals surface area contributed by atoms with Crippen molar-refractivity contribution < 1.29 is 31.8 Å². The van der Waals surface area contributed by atoms with E-state index < -0.39 is 42.8 Å². The standard InChI is InChI=1S/C15H16F4O3/c1-3-10-5-6-11(7-12(10)16)15(18,19)22-13-20-8-14(17,4-2)9-21-13/h4-7,13H,2-3,8-9H2,1H3. The van der Waals surface area contributed by atoms with Crippen molar-refractivity contribution in [2.45, 2.75) is 31.6 Å². The molecule has 0 N–H and O–H groups in total. The second-order valence-corrected chi connectivity index (χ2v) is 4.94. The molecule has 1 aromatic rings. The van der Waals surface area contributed by atoms with Crippen molar-refractivity contribution in [3.8, 4) is 0 Å². The molecule has 1 aliphatic heterocycles. The van der Waals surface area contributed by atoms with Gasteiger partial charge in [0, 0.05) is 0 Å². The van der Waals surface area contributed by atoms with Crippen LogP contribution in [0.3, 0.4) is 0 Å². The van der Waals surface area contributed by atoms with Crippen molar-refractivity contribution >= 4 is 0 Å². The summed E-state index contributed by atoms with van der Waals surface area (Å²) < 4.78 is 69.1. The van der Waals surface area contributed by atoms with E-state index in [1.165, 1.54) is 6.07 Å². The third-order valence-corrected chi connectivity index (χ3v) is 3.30. The first-order valence-corrected chi connectivity index (χ1v) is 6.70. The van der Waals surface area contributed by atoms with Crippen LogP contribution in [0.2, 0.25) is 0 Å². The van der Waals surface area contributed by atoms with E-state index in [-0.39, 0.29) is 0 Å². The fourth-order valence-electron chi connectivity index (χ4n) is 1.89. The Morgan fingerprint density at radius 3 is 2.55 bits per heavy atom. The van der Waals surface area contributed by atoms with Crippen LogP contribution in [0.5, 0.6) is 0 Å². The molecule has 1 heterocycles. The molecule has 1 aliphatic rings. The maximum Gasteiger partial charge on any atom is 0.387 e. The van der Waals surface area contributed by atoms with Gasteiger partial charge in [-0.25, -0.2) is 8.78 Å². The molecule has 0 spiro atoms. The topological polar surface area (TPSA) is 27.7 Å². The summed E-state index contributed by atoms with van der Waals surface area (Å²) in [7, 11) is 0.